The molecular formula is C31H21BrN8O5S3. The number of fused-ring (bicyclic) bond motifs is 2. The third-order valence-corrected chi connectivity index (χ3v) is 11.1. The van der Waals surface area contributed by atoms with Crippen molar-refractivity contribution < 1.29 is 19.0 Å². The molecule has 1 fully saturated rings. The largest absolute Gasteiger partial charge is 0.497 e. The molecule has 0 aromatic carbocycles. The number of morpholine rings is 1. The van der Waals surface area contributed by atoms with Crippen LogP contribution in [0.15, 0.2) is 74.3 Å². The monoisotopic (exact) mass is 760 g/mol. The smallest absolute Gasteiger partial charge is 0.269 e. The number of rotatable bonds is 7. The fourth-order valence-electron chi connectivity index (χ4n) is 5.22. The van der Waals surface area contributed by atoms with E-state index >= 15 is 0 Å². The Labute approximate surface area is 291 Å². The Bertz CT molecular complexity index is 2350. The molecule has 2 atom stereocenters. The average molecular weight is 762 g/mol. The Morgan fingerprint density at radius 3 is 2.75 bits per heavy atom. The molecule has 1 amide bonds. The second-order valence-corrected chi connectivity index (χ2v) is 13.9. The Morgan fingerprint density at radius 2 is 1.94 bits per heavy atom. The van der Waals surface area contributed by atoms with Crippen molar-refractivity contribution in [3.05, 3.63) is 90.5 Å². The minimum atomic E-state index is -0.906. The maximum atomic E-state index is 14.5. The lowest BCUT2D eigenvalue weighted by molar-refractivity contribution is -0.114. The van der Waals surface area contributed by atoms with Gasteiger partial charge in [0.15, 0.2) is 17.9 Å². The third kappa shape index (κ3) is 5.62. The predicted octanol–water partition coefficient (Wildman–Crippen LogP) is 5.96. The number of nitrogens with one attached hydrogen (secondary N) is 1. The van der Waals surface area contributed by atoms with Gasteiger partial charge in [-0.25, -0.2) is 15.0 Å². The van der Waals surface area contributed by atoms with Gasteiger partial charge < -0.3 is 19.2 Å². The molecule has 48 heavy (non-hydrogen) atoms. The number of halogens is 1. The van der Waals surface area contributed by atoms with Gasteiger partial charge in [0.25, 0.3) is 11.5 Å². The molecule has 7 aromatic heterocycles. The zero-order chi connectivity index (χ0) is 32.8. The standard InChI is InChI=1S/C31H21BrN8O5S3/c1-43-15-5-7-34-19(10-15)26-38-28(22-17(32)14-48-30(22)39-26)45-21-12-44-20(29-35-8-9-46-29)11-40(21)31(42)16-13-47-24-23(16)36-25(37-27(24)41)18-4-2-3-6-33-18/h2-10,13-14,20-21H,11-12H2,1H3,(H,36,37,41). The minimum Gasteiger partial charge on any atom is -0.497 e. The first-order valence-corrected chi connectivity index (χ1v) is 17.8. The van der Waals surface area contributed by atoms with Crippen LogP contribution in [0.4, 0.5) is 0 Å². The molecule has 0 spiro atoms. The van der Waals surface area contributed by atoms with Crippen LogP contribution in [0.5, 0.6) is 11.6 Å². The topological polar surface area (TPSA) is 158 Å². The number of hydrogen-bond acceptors (Lipinski definition) is 14. The van der Waals surface area contributed by atoms with Crippen molar-refractivity contribution in [3.63, 3.8) is 0 Å². The molecule has 0 bridgehead atoms. The van der Waals surface area contributed by atoms with Crippen molar-refractivity contribution in [2.45, 2.75) is 12.3 Å². The summed E-state index contributed by atoms with van der Waals surface area (Å²) in [6.45, 7) is 0.152. The van der Waals surface area contributed by atoms with Crippen LogP contribution < -0.4 is 15.0 Å². The number of hydrogen-bond donors (Lipinski definition) is 1. The highest BCUT2D eigenvalue weighted by Crippen LogP contribution is 2.38. The van der Waals surface area contributed by atoms with Gasteiger partial charge in [-0.15, -0.1) is 34.0 Å². The van der Waals surface area contributed by atoms with Gasteiger partial charge in [0.2, 0.25) is 5.88 Å². The van der Waals surface area contributed by atoms with Crippen LogP contribution in [-0.2, 0) is 4.74 Å². The van der Waals surface area contributed by atoms with Crippen LogP contribution in [0, 0.1) is 0 Å². The van der Waals surface area contributed by atoms with Crippen molar-refractivity contribution in [3.8, 4) is 34.7 Å². The molecule has 240 valence electrons. The number of nitrogens with zero attached hydrogens (tertiary/aromatic N) is 7. The summed E-state index contributed by atoms with van der Waals surface area (Å²) in [5.74, 6) is 1.06. The number of carbonyl (C=O) groups is 1. The molecule has 0 radical (unpaired) electrons. The summed E-state index contributed by atoms with van der Waals surface area (Å²) < 4.78 is 19.3. The van der Waals surface area contributed by atoms with Gasteiger partial charge in [-0.2, -0.15) is 4.98 Å². The highest BCUT2D eigenvalue weighted by molar-refractivity contribution is 9.10. The van der Waals surface area contributed by atoms with E-state index in [0.717, 1.165) is 20.8 Å². The molecule has 13 nitrogen and oxygen atoms in total. The minimum absolute atomic E-state index is 0.0191. The van der Waals surface area contributed by atoms with Gasteiger partial charge in [0, 0.05) is 45.3 Å². The van der Waals surface area contributed by atoms with E-state index in [0.29, 0.717) is 37.9 Å². The van der Waals surface area contributed by atoms with E-state index in [1.807, 2.05) is 10.8 Å². The Kier molecular flexibility index (Phi) is 8.13. The SMILES string of the molecule is COc1ccnc(-c2nc(OC3COC(c4nccs4)CN3C(=O)c3csc4c(=O)[nH]c(-c5ccccn5)nc34)c3c(Br)csc3n2)c1. The number of H-pyrrole nitrogens is 1. The van der Waals surface area contributed by atoms with Crippen LogP contribution in [0.2, 0.25) is 0 Å². The average Bonchev–Trinajstić information content (AvgIpc) is 3.90. The molecule has 0 saturated carbocycles. The van der Waals surface area contributed by atoms with Crippen molar-refractivity contribution in [1.29, 1.82) is 0 Å². The van der Waals surface area contributed by atoms with Crippen LogP contribution in [0.25, 0.3) is 43.5 Å². The summed E-state index contributed by atoms with van der Waals surface area (Å²) in [5.41, 5.74) is 1.16. The first-order valence-electron chi connectivity index (χ1n) is 14.3. The number of aromatic amines is 1. The second kappa shape index (κ2) is 12.7. The zero-order valence-electron chi connectivity index (χ0n) is 24.7. The van der Waals surface area contributed by atoms with Crippen LogP contribution in [0.1, 0.15) is 21.5 Å². The summed E-state index contributed by atoms with van der Waals surface area (Å²) in [7, 11) is 1.57. The summed E-state index contributed by atoms with van der Waals surface area (Å²) in [4.78, 5) is 60.0. The van der Waals surface area contributed by atoms with Gasteiger partial charge in [0.05, 0.1) is 24.6 Å². The van der Waals surface area contributed by atoms with Crippen LogP contribution in [0.3, 0.4) is 0 Å². The summed E-state index contributed by atoms with van der Waals surface area (Å²) in [6.07, 6.45) is 3.52. The first kappa shape index (κ1) is 30.6. The highest BCUT2D eigenvalue weighted by atomic mass is 79.9. The molecule has 17 heteroatoms. The lowest BCUT2D eigenvalue weighted by Crippen LogP contribution is -2.52. The van der Waals surface area contributed by atoms with Crippen molar-refractivity contribution >= 4 is 76.3 Å². The predicted molar refractivity (Wildman–Crippen MR) is 185 cm³/mol. The Balaban J connectivity index is 1.20. The summed E-state index contributed by atoms with van der Waals surface area (Å²) >= 11 is 7.61. The molecule has 8 rings (SSSR count). The number of pyridine rings is 2. The molecule has 8 heterocycles. The number of amides is 1. The highest BCUT2D eigenvalue weighted by Gasteiger charge is 2.38. The fraction of sp³-hybridized carbons (Fsp3) is 0.161. The lowest BCUT2D eigenvalue weighted by Gasteiger charge is -2.38. The molecule has 1 saturated heterocycles. The zero-order valence-corrected chi connectivity index (χ0v) is 28.7. The number of thiazole rings is 1. The third-order valence-electron chi connectivity index (χ3n) is 7.50. The molecule has 0 aliphatic carbocycles. The number of thiophene rings is 2. The second-order valence-electron chi connectivity index (χ2n) is 10.4. The molecule has 1 aliphatic rings. The maximum Gasteiger partial charge on any atom is 0.269 e. The normalized spacial score (nSPS) is 16.4. The van der Waals surface area contributed by atoms with E-state index in [-0.39, 0.29) is 47.4 Å². The molecular weight excluding hydrogens is 740 g/mol. The van der Waals surface area contributed by atoms with Crippen molar-refractivity contribution in [2.24, 2.45) is 0 Å². The summed E-state index contributed by atoms with van der Waals surface area (Å²) in [6, 6.07) is 8.78. The fourth-order valence-corrected chi connectivity index (χ4v) is 8.32. The van der Waals surface area contributed by atoms with Gasteiger partial charge in [-0.05, 0) is 34.1 Å². The molecule has 7 aromatic rings. The van der Waals surface area contributed by atoms with E-state index in [2.05, 4.69) is 40.8 Å². The Morgan fingerprint density at radius 1 is 1.04 bits per heavy atom. The van der Waals surface area contributed by atoms with Gasteiger partial charge in [0.1, 0.15) is 49.9 Å². The maximum absolute atomic E-state index is 14.5. The number of methoxy groups -OCH3 is 1. The summed E-state index contributed by atoms with van der Waals surface area (Å²) in [5, 5.41) is 6.77. The molecule has 1 aliphatic heterocycles. The van der Waals surface area contributed by atoms with Gasteiger partial charge >= 0.3 is 0 Å². The van der Waals surface area contributed by atoms with Gasteiger partial charge in [-0.3, -0.25) is 24.5 Å². The van der Waals surface area contributed by atoms with E-state index in [9.17, 15) is 9.59 Å². The molecule has 2 unspecified atom stereocenters. The molecule has 1 N–H and O–H groups in total. The van der Waals surface area contributed by atoms with Crippen LogP contribution >= 0.6 is 49.9 Å². The number of carbonyl (C=O) groups excluding carboxylic acids is 1. The van der Waals surface area contributed by atoms with Gasteiger partial charge in [-0.1, -0.05) is 6.07 Å². The van der Waals surface area contributed by atoms with E-state index < -0.39 is 12.3 Å². The van der Waals surface area contributed by atoms with E-state index in [1.165, 1.54) is 22.7 Å². The van der Waals surface area contributed by atoms with Crippen molar-refractivity contribution in [2.75, 3.05) is 20.3 Å². The number of ether oxygens (including phenoxy) is 3. The lowest BCUT2D eigenvalue weighted by atomic mass is 10.2. The van der Waals surface area contributed by atoms with E-state index in [4.69, 9.17) is 24.2 Å². The van der Waals surface area contributed by atoms with Crippen LogP contribution in [-0.4, -0.2) is 72.2 Å². The van der Waals surface area contributed by atoms with E-state index in [1.54, 1.807) is 66.3 Å². The number of aromatic nitrogens is 7. The quantitative estimate of drug-likeness (QED) is 0.204. The Hall–Kier alpha value is -4.68. The first-order chi connectivity index (χ1) is 23.5. The van der Waals surface area contributed by atoms with Crippen molar-refractivity contribution in [1.82, 2.24) is 39.8 Å².